The number of hydrazone groups is 1. The first kappa shape index (κ1) is 13.8. The zero-order chi connectivity index (χ0) is 13.8. The Morgan fingerprint density at radius 3 is 2.42 bits per heavy atom. The minimum atomic E-state index is 0.457. The number of aromatic nitrogens is 2. The molecule has 0 saturated heterocycles. The SMILES string of the molecule is Cc1cc(C)nc(N/N=C/c2ccc(Cl)cc2Cl)n1. The molecular weight excluding hydrogens is 283 g/mol. The van der Waals surface area contributed by atoms with Gasteiger partial charge in [0.25, 0.3) is 0 Å². The van der Waals surface area contributed by atoms with Gasteiger partial charge in [0.2, 0.25) is 5.95 Å². The van der Waals surface area contributed by atoms with Crippen molar-refractivity contribution >= 4 is 35.4 Å². The van der Waals surface area contributed by atoms with Crippen LogP contribution in [0.25, 0.3) is 0 Å². The molecule has 0 fully saturated rings. The Bertz CT molecular complexity index is 606. The number of hydrogen-bond donors (Lipinski definition) is 1. The van der Waals surface area contributed by atoms with Crippen molar-refractivity contribution in [1.29, 1.82) is 0 Å². The van der Waals surface area contributed by atoms with Gasteiger partial charge < -0.3 is 0 Å². The van der Waals surface area contributed by atoms with Crippen LogP contribution in [0.1, 0.15) is 17.0 Å². The first-order valence-electron chi connectivity index (χ1n) is 5.61. The Morgan fingerprint density at radius 2 is 1.79 bits per heavy atom. The van der Waals surface area contributed by atoms with E-state index in [1.807, 2.05) is 19.9 Å². The summed E-state index contributed by atoms with van der Waals surface area (Å²) in [5.41, 5.74) is 5.31. The number of aryl methyl sites for hydroxylation is 2. The van der Waals surface area contributed by atoms with Crippen LogP contribution in [0.15, 0.2) is 29.4 Å². The van der Waals surface area contributed by atoms with E-state index in [1.165, 1.54) is 0 Å². The summed E-state index contributed by atoms with van der Waals surface area (Å²) in [6, 6.07) is 7.10. The minimum absolute atomic E-state index is 0.457. The smallest absolute Gasteiger partial charge is 0.243 e. The maximum Gasteiger partial charge on any atom is 0.243 e. The summed E-state index contributed by atoms with van der Waals surface area (Å²) >= 11 is 11.8. The lowest BCUT2D eigenvalue weighted by Crippen LogP contribution is -1.99. The van der Waals surface area contributed by atoms with Gasteiger partial charge in [-0.25, -0.2) is 15.4 Å². The molecule has 1 heterocycles. The predicted octanol–water partition coefficient (Wildman–Crippen LogP) is 3.85. The zero-order valence-electron chi connectivity index (χ0n) is 10.5. The number of hydrogen-bond acceptors (Lipinski definition) is 4. The van der Waals surface area contributed by atoms with E-state index in [4.69, 9.17) is 23.2 Å². The van der Waals surface area contributed by atoms with Gasteiger partial charge in [0, 0.05) is 22.0 Å². The number of nitrogens with one attached hydrogen (secondary N) is 1. The van der Waals surface area contributed by atoms with Gasteiger partial charge in [0.1, 0.15) is 0 Å². The summed E-state index contributed by atoms with van der Waals surface area (Å²) in [6.45, 7) is 3.80. The maximum absolute atomic E-state index is 6.03. The lowest BCUT2D eigenvalue weighted by molar-refractivity contribution is 1.04. The second-order valence-corrected chi connectivity index (χ2v) is 4.85. The average Bonchev–Trinajstić information content (AvgIpc) is 2.30. The molecule has 0 amide bonds. The number of rotatable bonds is 3. The summed E-state index contributed by atoms with van der Waals surface area (Å²) < 4.78 is 0. The van der Waals surface area contributed by atoms with Gasteiger partial charge in [-0.3, -0.25) is 0 Å². The number of halogens is 2. The van der Waals surface area contributed by atoms with Crippen molar-refractivity contribution in [3.63, 3.8) is 0 Å². The van der Waals surface area contributed by atoms with Gasteiger partial charge >= 0.3 is 0 Å². The minimum Gasteiger partial charge on any atom is -0.245 e. The molecule has 19 heavy (non-hydrogen) atoms. The third-order valence-corrected chi connectivity index (χ3v) is 2.88. The summed E-state index contributed by atoms with van der Waals surface area (Å²) in [5.74, 6) is 0.457. The number of benzene rings is 1. The Morgan fingerprint density at radius 1 is 1.11 bits per heavy atom. The van der Waals surface area contributed by atoms with Gasteiger partial charge in [0.15, 0.2) is 0 Å². The van der Waals surface area contributed by atoms with Crippen molar-refractivity contribution in [3.8, 4) is 0 Å². The molecule has 0 aliphatic carbocycles. The Labute approximate surface area is 121 Å². The molecule has 0 radical (unpaired) electrons. The maximum atomic E-state index is 6.03. The Kier molecular flexibility index (Phi) is 4.35. The Balaban J connectivity index is 2.11. The molecule has 2 aromatic rings. The molecule has 1 aromatic heterocycles. The normalized spacial score (nSPS) is 10.9. The topological polar surface area (TPSA) is 50.2 Å². The van der Waals surface area contributed by atoms with Crippen molar-refractivity contribution in [2.24, 2.45) is 5.10 Å². The van der Waals surface area contributed by atoms with E-state index in [-0.39, 0.29) is 0 Å². The van der Waals surface area contributed by atoms with E-state index in [0.717, 1.165) is 17.0 Å². The number of nitrogens with zero attached hydrogens (tertiary/aromatic N) is 3. The van der Waals surface area contributed by atoms with Crippen LogP contribution in [-0.2, 0) is 0 Å². The molecule has 0 aliphatic heterocycles. The molecule has 0 spiro atoms. The fourth-order valence-corrected chi connectivity index (χ4v) is 2.00. The predicted molar refractivity (Wildman–Crippen MR) is 79.2 cm³/mol. The molecule has 0 aliphatic rings. The Hall–Kier alpha value is -1.65. The summed E-state index contributed by atoms with van der Waals surface area (Å²) in [4.78, 5) is 8.42. The molecule has 4 nitrogen and oxygen atoms in total. The highest BCUT2D eigenvalue weighted by molar-refractivity contribution is 6.36. The molecule has 98 valence electrons. The molecule has 0 bridgehead atoms. The van der Waals surface area contributed by atoms with Crippen molar-refractivity contribution in [3.05, 3.63) is 51.3 Å². The first-order valence-corrected chi connectivity index (χ1v) is 6.36. The van der Waals surface area contributed by atoms with E-state index in [1.54, 1.807) is 24.4 Å². The molecule has 0 saturated carbocycles. The molecule has 0 unspecified atom stereocenters. The highest BCUT2D eigenvalue weighted by Gasteiger charge is 1.99. The van der Waals surface area contributed by atoms with E-state index in [0.29, 0.717) is 16.0 Å². The van der Waals surface area contributed by atoms with Crippen LogP contribution in [0, 0.1) is 13.8 Å². The van der Waals surface area contributed by atoms with Gasteiger partial charge in [-0.05, 0) is 32.0 Å². The zero-order valence-corrected chi connectivity index (χ0v) is 12.0. The van der Waals surface area contributed by atoms with Crippen molar-refractivity contribution in [2.75, 3.05) is 5.43 Å². The molecule has 1 aromatic carbocycles. The van der Waals surface area contributed by atoms with E-state index in [9.17, 15) is 0 Å². The lowest BCUT2D eigenvalue weighted by atomic mass is 10.2. The largest absolute Gasteiger partial charge is 0.245 e. The summed E-state index contributed by atoms with van der Waals surface area (Å²) in [7, 11) is 0. The van der Waals surface area contributed by atoms with Gasteiger partial charge in [-0.15, -0.1) is 0 Å². The second-order valence-electron chi connectivity index (χ2n) is 4.01. The van der Waals surface area contributed by atoms with E-state index in [2.05, 4.69) is 20.5 Å². The van der Waals surface area contributed by atoms with Gasteiger partial charge in [0.05, 0.1) is 11.2 Å². The van der Waals surface area contributed by atoms with Gasteiger partial charge in [-0.2, -0.15) is 5.10 Å². The quantitative estimate of drug-likeness (QED) is 0.691. The molecular formula is C13H12Cl2N4. The van der Waals surface area contributed by atoms with Crippen LogP contribution in [-0.4, -0.2) is 16.2 Å². The standard InChI is InChI=1S/C13H12Cl2N4/c1-8-5-9(2)18-13(17-8)19-16-7-10-3-4-11(14)6-12(10)15/h3-7H,1-2H3,(H,17,18,19)/b16-7+. The highest BCUT2D eigenvalue weighted by Crippen LogP contribution is 2.19. The summed E-state index contributed by atoms with van der Waals surface area (Å²) in [6.07, 6.45) is 1.60. The fraction of sp³-hybridized carbons (Fsp3) is 0.154. The van der Waals surface area contributed by atoms with Crippen LogP contribution in [0.5, 0.6) is 0 Å². The average molecular weight is 295 g/mol. The van der Waals surface area contributed by atoms with Crippen molar-refractivity contribution in [1.82, 2.24) is 9.97 Å². The van der Waals surface area contributed by atoms with Crippen LogP contribution >= 0.6 is 23.2 Å². The highest BCUT2D eigenvalue weighted by atomic mass is 35.5. The van der Waals surface area contributed by atoms with Crippen molar-refractivity contribution in [2.45, 2.75) is 13.8 Å². The van der Waals surface area contributed by atoms with Crippen LogP contribution < -0.4 is 5.43 Å². The van der Waals surface area contributed by atoms with Crippen molar-refractivity contribution < 1.29 is 0 Å². The van der Waals surface area contributed by atoms with Crippen LogP contribution in [0.4, 0.5) is 5.95 Å². The van der Waals surface area contributed by atoms with E-state index < -0.39 is 0 Å². The molecule has 1 N–H and O–H groups in total. The third kappa shape index (κ3) is 3.91. The van der Waals surface area contributed by atoms with Crippen LogP contribution in [0.2, 0.25) is 10.0 Å². The first-order chi connectivity index (χ1) is 9.04. The lowest BCUT2D eigenvalue weighted by Gasteiger charge is -2.02. The third-order valence-electron chi connectivity index (χ3n) is 2.31. The second kappa shape index (κ2) is 5.99. The molecule has 0 atom stereocenters. The number of anilines is 1. The monoisotopic (exact) mass is 294 g/mol. The summed E-state index contributed by atoms with van der Waals surface area (Å²) in [5, 5.41) is 5.19. The fourth-order valence-electron chi connectivity index (χ4n) is 1.54. The molecule has 2 rings (SSSR count). The van der Waals surface area contributed by atoms with E-state index >= 15 is 0 Å². The van der Waals surface area contributed by atoms with Gasteiger partial charge in [-0.1, -0.05) is 29.3 Å². The van der Waals surface area contributed by atoms with Crippen LogP contribution in [0.3, 0.4) is 0 Å². The molecule has 6 heteroatoms.